The molecule has 8 nitrogen and oxygen atoms in total. The van der Waals surface area contributed by atoms with Crippen LogP contribution in [-0.4, -0.2) is 54.2 Å². The Hall–Kier alpha value is -6.49. The number of hydrogen-bond acceptors (Lipinski definition) is 8. The van der Waals surface area contributed by atoms with Crippen molar-refractivity contribution in [2.24, 2.45) is 0 Å². The summed E-state index contributed by atoms with van der Waals surface area (Å²) in [5, 5.41) is 25.8. The van der Waals surface area contributed by atoms with Gasteiger partial charge in [0.05, 0.1) is 22.2 Å². The van der Waals surface area contributed by atoms with Crippen LogP contribution in [0.3, 0.4) is 0 Å². The number of fused-ring (bicyclic) bond motifs is 2. The lowest BCUT2D eigenvalue weighted by Gasteiger charge is -2.22. The number of para-hydroxylation sites is 2. The van der Waals surface area contributed by atoms with E-state index >= 15 is 0 Å². The maximum atomic E-state index is 14.1. The van der Waals surface area contributed by atoms with Gasteiger partial charge in [0.25, 0.3) is 0 Å². The van der Waals surface area contributed by atoms with Crippen molar-refractivity contribution < 1.29 is 19.0 Å². The molecule has 0 radical (unpaired) electrons. The number of anilines is 1. The zero-order valence-electron chi connectivity index (χ0n) is 30.8. The van der Waals surface area contributed by atoms with Gasteiger partial charge in [0, 0.05) is 42.4 Å². The molecule has 0 spiro atoms. The van der Waals surface area contributed by atoms with Gasteiger partial charge < -0.3 is 15.5 Å². The summed E-state index contributed by atoms with van der Waals surface area (Å²) in [4.78, 5) is 20.3. The number of aromatic hydroxyl groups is 2. The van der Waals surface area contributed by atoms with Crippen LogP contribution >= 0.6 is 11.6 Å². The molecular formula is C47H41ClF2N6O2. The molecule has 1 aliphatic heterocycles. The van der Waals surface area contributed by atoms with E-state index in [0.29, 0.717) is 16.7 Å². The maximum Gasteiger partial charge on any atom is 0.165 e. The number of rotatable bonds is 7. The highest BCUT2D eigenvalue weighted by atomic mass is 35.5. The molecule has 58 heavy (non-hydrogen) atoms. The van der Waals surface area contributed by atoms with E-state index in [9.17, 15) is 19.0 Å². The second kappa shape index (κ2) is 17.3. The quantitative estimate of drug-likeness (QED) is 0.137. The number of aromatic nitrogens is 4. The molecule has 0 amide bonds. The van der Waals surface area contributed by atoms with Gasteiger partial charge in [0.1, 0.15) is 34.1 Å². The lowest BCUT2D eigenvalue weighted by atomic mass is 9.93. The van der Waals surface area contributed by atoms with Crippen molar-refractivity contribution in [1.29, 1.82) is 0 Å². The van der Waals surface area contributed by atoms with Crippen molar-refractivity contribution in [2.45, 2.75) is 32.9 Å². The lowest BCUT2D eigenvalue weighted by molar-refractivity contribution is 0.325. The molecule has 1 saturated heterocycles. The van der Waals surface area contributed by atoms with Crippen LogP contribution in [0.1, 0.15) is 30.0 Å². The normalized spacial score (nSPS) is 15.1. The first kappa shape index (κ1) is 39.7. The summed E-state index contributed by atoms with van der Waals surface area (Å²) in [7, 11) is 0. The highest BCUT2D eigenvalue weighted by molar-refractivity contribution is 6.34. The summed E-state index contributed by atoms with van der Waals surface area (Å²) in [6.45, 7) is 4.73. The van der Waals surface area contributed by atoms with Gasteiger partial charge in [0.15, 0.2) is 11.6 Å². The number of likely N-dealkylation sites (tertiary alicyclic amines) is 1. The van der Waals surface area contributed by atoms with Gasteiger partial charge in [-0.1, -0.05) is 103 Å². The Morgan fingerprint density at radius 2 is 1.21 bits per heavy atom. The van der Waals surface area contributed by atoms with Crippen LogP contribution in [-0.2, 0) is 6.54 Å². The number of aryl methyl sites for hydroxylation is 1. The Bertz CT molecular complexity index is 2700. The number of hydrogen-bond donors (Lipinski definition) is 3. The Morgan fingerprint density at radius 3 is 1.84 bits per heavy atom. The Kier molecular flexibility index (Phi) is 11.9. The SMILES string of the molecule is C.Cc1ccc([C@@H]2CN(Cc3ccccc3)CC2Nc2nc(-c3cc(F)ccc3O)nc3ccccc23)cc1.Oc1ccc(F)cc1-c1nc(Cl)c2ccccc2n1. The highest BCUT2D eigenvalue weighted by Crippen LogP contribution is 2.35. The minimum absolute atomic E-state index is 0. The average Bonchev–Trinajstić information content (AvgIpc) is 3.62. The second-order valence-corrected chi connectivity index (χ2v) is 14.4. The second-order valence-electron chi connectivity index (χ2n) is 14.0. The number of halogens is 3. The van der Waals surface area contributed by atoms with Gasteiger partial charge in [-0.3, -0.25) is 4.90 Å². The topological polar surface area (TPSA) is 107 Å². The van der Waals surface area contributed by atoms with Crippen molar-refractivity contribution in [3.05, 3.63) is 173 Å². The van der Waals surface area contributed by atoms with Crippen LogP contribution in [0.4, 0.5) is 14.6 Å². The van der Waals surface area contributed by atoms with Gasteiger partial charge in [-0.25, -0.2) is 28.7 Å². The number of nitrogens with one attached hydrogen (secondary N) is 1. The van der Waals surface area contributed by atoms with Crippen LogP contribution in [0.15, 0.2) is 140 Å². The van der Waals surface area contributed by atoms with Crippen molar-refractivity contribution in [1.82, 2.24) is 24.8 Å². The van der Waals surface area contributed by atoms with E-state index in [1.807, 2.05) is 42.5 Å². The van der Waals surface area contributed by atoms with Crippen molar-refractivity contribution in [3.8, 4) is 34.3 Å². The number of phenols is 2. The molecule has 0 aliphatic carbocycles. The van der Waals surface area contributed by atoms with Crippen molar-refractivity contribution in [2.75, 3.05) is 18.4 Å². The van der Waals surface area contributed by atoms with Crippen LogP contribution in [0, 0.1) is 18.6 Å². The molecule has 1 aliphatic rings. The third-order valence-electron chi connectivity index (χ3n) is 10.0. The highest BCUT2D eigenvalue weighted by Gasteiger charge is 2.34. The Morgan fingerprint density at radius 1 is 0.655 bits per heavy atom. The molecule has 3 N–H and O–H groups in total. The first-order valence-electron chi connectivity index (χ1n) is 18.4. The van der Waals surface area contributed by atoms with Gasteiger partial charge in [-0.2, -0.15) is 0 Å². The fraction of sp³-hybridized carbons (Fsp3) is 0.149. The third-order valence-corrected chi connectivity index (χ3v) is 10.3. The van der Waals surface area contributed by atoms with E-state index in [2.05, 4.69) is 80.6 Å². The molecule has 3 heterocycles. The predicted octanol–water partition coefficient (Wildman–Crippen LogP) is 11.0. The molecule has 0 saturated carbocycles. The molecule has 6 aromatic carbocycles. The van der Waals surface area contributed by atoms with E-state index < -0.39 is 11.6 Å². The molecule has 1 fully saturated rings. The van der Waals surface area contributed by atoms with Crippen LogP contribution in [0.2, 0.25) is 5.15 Å². The zero-order chi connectivity index (χ0) is 39.5. The van der Waals surface area contributed by atoms with E-state index in [-0.39, 0.29) is 58.8 Å². The summed E-state index contributed by atoms with van der Waals surface area (Å²) in [5.41, 5.74) is 5.66. The fourth-order valence-corrected chi connectivity index (χ4v) is 7.41. The minimum atomic E-state index is -0.472. The minimum Gasteiger partial charge on any atom is -0.507 e. The monoisotopic (exact) mass is 794 g/mol. The smallest absolute Gasteiger partial charge is 0.165 e. The van der Waals surface area contributed by atoms with Crippen molar-refractivity contribution >= 4 is 39.2 Å². The van der Waals surface area contributed by atoms with E-state index in [1.54, 1.807) is 12.1 Å². The molecule has 2 atom stereocenters. The standard InChI is InChI=1S/C32H29FN4O.C14H8ClFN2O.CH4/c1-21-11-13-23(14-12-21)27-19-37(18-22-7-3-2-4-8-22)20-29(27)35-31-25-9-5-6-10-28(25)34-32(36-31)26-17-24(33)15-16-30(26)38;15-13-9-3-1-2-4-11(9)17-14(18-13)10-7-8(16)5-6-12(10)19;/h2-17,27,29,38H,18-20H2,1H3,(H,34,35,36);1-7,19H;1H4/t27-,29?;;/m0../s1. The molecule has 2 aromatic heterocycles. The summed E-state index contributed by atoms with van der Waals surface area (Å²) in [6.07, 6.45) is 0. The molecule has 8 aromatic rings. The largest absolute Gasteiger partial charge is 0.507 e. The van der Waals surface area contributed by atoms with Gasteiger partial charge in [-0.15, -0.1) is 0 Å². The predicted molar refractivity (Wildman–Crippen MR) is 228 cm³/mol. The van der Waals surface area contributed by atoms with E-state index in [0.717, 1.165) is 30.5 Å². The number of phenolic OH excluding ortho intramolecular Hbond substituents is 2. The average molecular weight is 795 g/mol. The molecular weight excluding hydrogens is 754 g/mol. The molecule has 1 unspecified atom stereocenters. The van der Waals surface area contributed by atoms with Crippen LogP contribution in [0.25, 0.3) is 44.6 Å². The van der Waals surface area contributed by atoms with Crippen LogP contribution in [0.5, 0.6) is 11.5 Å². The van der Waals surface area contributed by atoms with Gasteiger partial charge in [-0.05, 0) is 78.7 Å². The van der Waals surface area contributed by atoms with Gasteiger partial charge in [0.2, 0.25) is 0 Å². The van der Waals surface area contributed by atoms with E-state index in [1.165, 1.54) is 53.1 Å². The maximum absolute atomic E-state index is 14.1. The summed E-state index contributed by atoms with van der Waals surface area (Å²) >= 11 is 6.08. The zero-order valence-corrected chi connectivity index (χ0v) is 31.6. The van der Waals surface area contributed by atoms with Crippen molar-refractivity contribution in [3.63, 3.8) is 0 Å². The molecule has 0 bridgehead atoms. The first-order chi connectivity index (χ1) is 27.7. The van der Waals surface area contributed by atoms with Crippen LogP contribution < -0.4 is 5.32 Å². The van der Waals surface area contributed by atoms with E-state index in [4.69, 9.17) is 16.6 Å². The Labute approximate surface area is 340 Å². The number of nitrogens with zero attached hydrogens (tertiary/aromatic N) is 5. The molecule has 292 valence electrons. The molecule has 9 rings (SSSR count). The first-order valence-corrected chi connectivity index (χ1v) is 18.8. The fourth-order valence-electron chi connectivity index (χ4n) is 7.17. The third kappa shape index (κ3) is 8.73. The summed E-state index contributed by atoms with van der Waals surface area (Å²) in [5.74, 6) is 0.344. The number of benzene rings is 6. The Balaban J connectivity index is 0.000000215. The lowest BCUT2D eigenvalue weighted by Crippen LogP contribution is -2.29. The van der Waals surface area contributed by atoms with Gasteiger partial charge >= 0.3 is 0 Å². The summed E-state index contributed by atoms with van der Waals surface area (Å²) < 4.78 is 27.3. The molecule has 11 heteroatoms. The summed E-state index contributed by atoms with van der Waals surface area (Å²) in [6, 6.07) is 41.8.